The minimum Gasteiger partial charge on any atom is -0.465 e. The molecular weight excluding hydrogens is 252 g/mol. The summed E-state index contributed by atoms with van der Waals surface area (Å²) in [6, 6.07) is 7.87. The van der Waals surface area contributed by atoms with Crippen LogP contribution in [0.15, 0.2) is 33.1 Å². The lowest BCUT2D eigenvalue weighted by molar-refractivity contribution is 0.441. The highest BCUT2D eigenvalue weighted by Gasteiger charge is 2.06. The maximum Gasteiger partial charge on any atom is 0.120 e. The molecule has 0 saturated heterocycles. The highest BCUT2D eigenvalue weighted by Crippen LogP contribution is 2.16. The van der Waals surface area contributed by atoms with Crippen LogP contribution in [0.2, 0.25) is 0 Å². The number of rotatable bonds is 4. The molecule has 2 rings (SSSR count). The van der Waals surface area contributed by atoms with Gasteiger partial charge in [0.25, 0.3) is 0 Å². The molecule has 2 aromatic heterocycles. The van der Waals surface area contributed by atoms with Crippen LogP contribution in [0.4, 0.5) is 0 Å². The molecule has 0 saturated carbocycles. The van der Waals surface area contributed by atoms with E-state index in [-0.39, 0.29) is 12.1 Å². The van der Waals surface area contributed by atoms with Crippen LogP contribution in [-0.2, 0) is 0 Å². The second-order valence-electron chi connectivity index (χ2n) is 4.93. The van der Waals surface area contributed by atoms with Gasteiger partial charge >= 0.3 is 0 Å². The van der Waals surface area contributed by atoms with Crippen LogP contribution >= 0.6 is 0 Å². The molecule has 2 atom stereocenters. The maximum absolute atomic E-state index is 5.71. The SMILES string of the molecule is CC[C@@H](N)c1ccc(C)o1.CC[C@@H](N)c1ccc(C)o1. The van der Waals surface area contributed by atoms with Gasteiger partial charge in [-0.25, -0.2) is 0 Å². The van der Waals surface area contributed by atoms with Crippen molar-refractivity contribution in [1.29, 1.82) is 0 Å². The summed E-state index contributed by atoms with van der Waals surface area (Å²) in [4.78, 5) is 0. The Labute approximate surface area is 121 Å². The Morgan fingerprint density at radius 2 is 1.15 bits per heavy atom. The van der Waals surface area contributed by atoms with Crippen molar-refractivity contribution in [2.45, 2.75) is 52.6 Å². The third kappa shape index (κ3) is 4.87. The molecule has 0 aliphatic rings. The van der Waals surface area contributed by atoms with Crippen LogP contribution in [0.1, 0.15) is 61.8 Å². The van der Waals surface area contributed by atoms with E-state index in [2.05, 4.69) is 0 Å². The van der Waals surface area contributed by atoms with Gasteiger partial charge in [0, 0.05) is 0 Å². The van der Waals surface area contributed by atoms with Crippen LogP contribution in [0.3, 0.4) is 0 Å². The number of hydrogen-bond donors (Lipinski definition) is 2. The smallest absolute Gasteiger partial charge is 0.120 e. The van der Waals surface area contributed by atoms with Gasteiger partial charge in [0.15, 0.2) is 0 Å². The van der Waals surface area contributed by atoms with Crippen molar-refractivity contribution in [1.82, 2.24) is 0 Å². The third-order valence-corrected chi connectivity index (χ3v) is 3.13. The predicted octanol–water partition coefficient (Wildman–Crippen LogP) is 4.00. The van der Waals surface area contributed by atoms with E-state index >= 15 is 0 Å². The van der Waals surface area contributed by atoms with Crippen LogP contribution in [0.25, 0.3) is 0 Å². The molecule has 2 aromatic rings. The molecule has 0 aliphatic carbocycles. The fourth-order valence-corrected chi connectivity index (χ4v) is 1.71. The summed E-state index contributed by atoms with van der Waals surface area (Å²) in [7, 11) is 0. The van der Waals surface area contributed by atoms with Crippen LogP contribution in [0.5, 0.6) is 0 Å². The molecule has 4 N–H and O–H groups in total. The zero-order valence-corrected chi connectivity index (χ0v) is 12.8. The van der Waals surface area contributed by atoms with E-state index in [1.807, 2.05) is 52.0 Å². The Morgan fingerprint density at radius 1 is 0.800 bits per heavy atom. The lowest BCUT2D eigenvalue weighted by Crippen LogP contribution is -2.06. The van der Waals surface area contributed by atoms with Gasteiger partial charge in [-0.1, -0.05) is 13.8 Å². The summed E-state index contributed by atoms with van der Waals surface area (Å²) in [5.41, 5.74) is 11.4. The van der Waals surface area contributed by atoms with E-state index in [0.29, 0.717) is 0 Å². The zero-order chi connectivity index (χ0) is 15.1. The lowest BCUT2D eigenvalue weighted by Gasteiger charge is -2.02. The summed E-state index contributed by atoms with van der Waals surface area (Å²) >= 11 is 0. The minimum absolute atomic E-state index is 0.0636. The number of nitrogens with two attached hydrogens (primary N) is 2. The van der Waals surface area contributed by atoms with Crippen molar-refractivity contribution in [3.05, 3.63) is 47.3 Å². The first-order chi connectivity index (χ1) is 9.47. The second-order valence-corrected chi connectivity index (χ2v) is 4.93. The van der Waals surface area contributed by atoms with Gasteiger partial charge < -0.3 is 20.3 Å². The van der Waals surface area contributed by atoms with Crippen LogP contribution < -0.4 is 11.5 Å². The first-order valence-electron chi connectivity index (χ1n) is 7.11. The van der Waals surface area contributed by atoms with Crippen molar-refractivity contribution < 1.29 is 8.83 Å². The zero-order valence-electron chi connectivity index (χ0n) is 12.8. The summed E-state index contributed by atoms with van der Waals surface area (Å²) in [5.74, 6) is 3.64. The normalized spacial score (nSPS) is 13.5. The molecule has 0 unspecified atom stereocenters. The van der Waals surface area contributed by atoms with E-state index in [1.165, 1.54) is 0 Å². The van der Waals surface area contributed by atoms with Gasteiger partial charge in [-0.3, -0.25) is 0 Å². The van der Waals surface area contributed by atoms with Crippen molar-refractivity contribution in [2.24, 2.45) is 11.5 Å². The van der Waals surface area contributed by atoms with Crippen LogP contribution in [0, 0.1) is 13.8 Å². The quantitative estimate of drug-likeness (QED) is 0.886. The molecule has 112 valence electrons. The van der Waals surface area contributed by atoms with Crippen molar-refractivity contribution in [3.63, 3.8) is 0 Å². The number of hydrogen-bond acceptors (Lipinski definition) is 4. The third-order valence-electron chi connectivity index (χ3n) is 3.13. The highest BCUT2D eigenvalue weighted by atomic mass is 16.3. The Morgan fingerprint density at radius 3 is 1.35 bits per heavy atom. The summed E-state index contributed by atoms with van der Waals surface area (Å²) < 4.78 is 10.6. The molecular formula is C16H26N2O2. The molecule has 0 aliphatic heterocycles. The highest BCUT2D eigenvalue weighted by molar-refractivity contribution is 5.09. The molecule has 0 amide bonds. The first kappa shape index (κ1) is 16.5. The molecule has 20 heavy (non-hydrogen) atoms. The molecule has 0 bridgehead atoms. The topological polar surface area (TPSA) is 78.3 Å². The fourth-order valence-electron chi connectivity index (χ4n) is 1.71. The minimum atomic E-state index is 0.0636. The van der Waals surface area contributed by atoms with Gasteiger partial charge in [0.1, 0.15) is 23.0 Å². The summed E-state index contributed by atoms with van der Waals surface area (Å²) in [6.07, 6.45) is 1.85. The van der Waals surface area contributed by atoms with E-state index in [4.69, 9.17) is 20.3 Å². The summed E-state index contributed by atoms with van der Waals surface area (Å²) in [5, 5.41) is 0. The van der Waals surface area contributed by atoms with E-state index < -0.39 is 0 Å². The monoisotopic (exact) mass is 278 g/mol. The average Bonchev–Trinajstić information content (AvgIpc) is 3.06. The molecule has 4 heteroatoms. The Kier molecular flexibility index (Phi) is 6.55. The summed E-state index contributed by atoms with van der Waals surface area (Å²) in [6.45, 7) is 7.93. The van der Waals surface area contributed by atoms with E-state index in [1.54, 1.807) is 0 Å². The van der Waals surface area contributed by atoms with Crippen molar-refractivity contribution in [3.8, 4) is 0 Å². The lowest BCUT2D eigenvalue weighted by atomic mass is 10.2. The second kappa shape index (κ2) is 7.92. The first-order valence-corrected chi connectivity index (χ1v) is 7.11. The fraction of sp³-hybridized carbons (Fsp3) is 0.500. The van der Waals surface area contributed by atoms with Gasteiger partial charge in [-0.15, -0.1) is 0 Å². The molecule has 0 fully saturated rings. The molecule has 2 heterocycles. The largest absolute Gasteiger partial charge is 0.465 e. The molecule has 0 aromatic carbocycles. The average molecular weight is 278 g/mol. The van der Waals surface area contributed by atoms with Gasteiger partial charge in [-0.05, 0) is 51.0 Å². The molecule has 4 nitrogen and oxygen atoms in total. The van der Waals surface area contributed by atoms with E-state index in [9.17, 15) is 0 Å². The number of aryl methyl sites for hydroxylation is 2. The van der Waals surface area contributed by atoms with Gasteiger partial charge in [-0.2, -0.15) is 0 Å². The maximum atomic E-state index is 5.71. The van der Waals surface area contributed by atoms with Gasteiger partial charge in [0.2, 0.25) is 0 Å². The molecule has 0 spiro atoms. The predicted molar refractivity (Wildman–Crippen MR) is 81.3 cm³/mol. The number of furan rings is 2. The Bertz CT molecular complexity index is 456. The standard InChI is InChI=1S/2C8H13NO/c2*1-3-7(9)8-5-4-6(2)10-8/h2*4-5,7H,3,9H2,1-2H3/t2*7-/m11/s1. The molecule has 0 radical (unpaired) electrons. The van der Waals surface area contributed by atoms with Crippen molar-refractivity contribution >= 4 is 0 Å². The van der Waals surface area contributed by atoms with E-state index in [0.717, 1.165) is 35.9 Å². The van der Waals surface area contributed by atoms with Gasteiger partial charge in [0.05, 0.1) is 12.1 Å². The Hall–Kier alpha value is -1.52. The van der Waals surface area contributed by atoms with Crippen molar-refractivity contribution in [2.75, 3.05) is 0 Å². The van der Waals surface area contributed by atoms with Crippen LogP contribution in [-0.4, -0.2) is 0 Å². The Balaban J connectivity index is 0.000000200.